The molecule has 0 saturated heterocycles. The predicted molar refractivity (Wildman–Crippen MR) is 90.4 cm³/mol. The first-order valence-electron chi connectivity index (χ1n) is 7.52. The highest BCUT2D eigenvalue weighted by atomic mass is 35.5. The summed E-state index contributed by atoms with van der Waals surface area (Å²) in [4.78, 5) is 23.4. The number of amides is 2. The van der Waals surface area contributed by atoms with E-state index in [2.05, 4.69) is 16.0 Å². The van der Waals surface area contributed by atoms with Crippen LogP contribution in [0.5, 0.6) is 0 Å². The Morgan fingerprint density at radius 2 is 1.87 bits per heavy atom. The van der Waals surface area contributed by atoms with Gasteiger partial charge in [-0.3, -0.25) is 9.59 Å². The summed E-state index contributed by atoms with van der Waals surface area (Å²) < 4.78 is 4.92. The van der Waals surface area contributed by atoms with Crippen molar-refractivity contribution < 1.29 is 14.3 Å². The maximum atomic E-state index is 12.0. The maximum Gasteiger partial charge on any atom is 0.222 e. The van der Waals surface area contributed by atoms with E-state index < -0.39 is 0 Å². The average Bonchev–Trinajstić information content (AvgIpc) is 2.50. The quantitative estimate of drug-likeness (QED) is 0.560. The van der Waals surface area contributed by atoms with Gasteiger partial charge in [0.1, 0.15) is 0 Å². The van der Waals surface area contributed by atoms with Crippen LogP contribution in [-0.2, 0) is 14.3 Å². The molecule has 1 atom stereocenters. The van der Waals surface area contributed by atoms with E-state index in [1.54, 1.807) is 19.2 Å². The van der Waals surface area contributed by atoms with Gasteiger partial charge in [-0.25, -0.2) is 0 Å². The molecule has 1 aromatic carbocycles. The van der Waals surface area contributed by atoms with E-state index in [4.69, 9.17) is 16.3 Å². The Bertz CT molecular complexity index is 494. The van der Waals surface area contributed by atoms with Crippen LogP contribution < -0.4 is 16.0 Å². The van der Waals surface area contributed by atoms with Crippen LogP contribution in [0, 0.1) is 0 Å². The lowest BCUT2D eigenvalue weighted by Gasteiger charge is -2.18. The fourth-order valence-electron chi connectivity index (χ4n) is 2.04. The van der Waals surface area contributed by atoms with Crippen molar-refractivity contribution in [1.82, 2.24) is 16.0 Å². The van der Waals surface area contributed by atoms with Crippen molar-refractivity contribution in [1.29, 1.82) is 0 Å². The standard InChI is InChI=1S/C16H24ClN3O3/c1-12(21)20-15(13-3-5-14(17)6-4-13)11-16(22)19-8-7-18-9-10-23-2/h3-6,15,18H,7-11H2,1-2H3,(H,19,22)(H,20,21). The maximum absolute atomic E-state index is 12.0. The Morgan fingerprint density at radius 3 is 2.48 bits per heavy atom. The summed E-state index contributed by atoms with van der Waals surface area (Å²) in [6.45, 7) is 4.00. The van der Waals surface area contributed by atoms with Crippen LogP contribution in [0.15, 0.2) is 24.3 Å². The van der Waals surface area contributed by atoms with Crippen molar-refractivity contribution in [3.8, 4) is 0 Å². The third-order valence-electron chi connectivity index (χ3n) is 3.15. The Labute approximate surface area is 141 Å². The van der Waals surface area contributed by atoms with Crippen LogP contribution in [0.3, 0.4) is 0 Å². The number of nitrogens with one attached hydrogen (secondary N) is 3. The topological polar surface area (TPSA) is 79.5 Å². The molecule has 3 N–H and O–H groups in total. The van der Waals surface area contributed by atoms with E-state index in [-0.39, 0.29) is 24.3 Å². The third kappa shape index (κ3) is 8.54. The molecule has 0 fully saturated rings. The molecule has 23 heavy (non-hydrogen) atoms. The van der Waals surface area contributed by atoms with Crippen LogP contribution in [0.25, 0.3) is 0 Å². The van der Waals surface area contributed by atoms with Gasteiger partial charge in [-0.15, -0.1) is 0 Å². The van der Waals surface area contributed by atoms with Gasteiger partial charge in [0, 0.05) is 38.7 Å². The minimum Gasteiger partial charge on any atom is -0.383 e. The highest BCUT2D eigenvalue weighted by Gasteiger charge is 2.16. The second kappa shape index (κ2) is 11.0. The summed E-state index contributed by atoms with van der Waals surface area (Å²) in [6.07, 6.45) is 0.180. The highest BCUT2D eigenvalue weighted by Crippen LogP contribution is 2.19. The zero-order valence-electron chi connectivity index (χ0n) is 13.5. The summed E-state index contributed by atoms with van der Waals surface area (Å²) in [7, 11) is 1.64. The molecule has 1 rings (SSSR count). The molecular weight excluding hydrogens is 318 g/mol. The summed E-state index contributed by atoms with van der Waals surface area (Å²) >= 11 is 5.87. The van der Waals surface area contributed by atoms with E-state index in [0.717, 1.165) is 12.1 Å². The highest BCUT2D eigenvalue weighted by molar-refractivity contribution is 6.30. The number of halogens is 1. The SMILES string of the molecule is COCCNCCNC(=O)CC(NC(C)=O)c1ccc(Cl)cc1. The Hall–Kier alpha value is -1.63. The van der Waals surface area contributed by atoms with Gasteiger partial charge in [-0.1, -0.05) is 23.7 Å². The molecule has 0 bridgehead atoms. The fraction of sp³-hybridized carbons (Fsp3) is 0.500. The van der Waals surface area contributed by atoms with Crippen LogP contribution in [0.4, 0.5) is 0 Å². The second-order valence-corrected chi connectivity index (χ2v) is 5.54. The number of hydrogen-bond acceptors (Lipinski definition) is 4. The van der Waals surface area contributed by atoms with E-state index in [1.165, 1.54) is 6.92 Å². The van der Waals surface area contributed by atoms with Gasteiger partial charge < -0.3 is 20.7 Å². The van der Waals surface area contributed by atoms with Crippen molar-refractivity contribution in [2.45, 2.75) is 19.4 Å². The lowest BCUT2D eigenvalue weighted by atomic mass is 10.0. The molecule has 0 aliphatic rings. The van der Waals surface area contributed by atoms with Crippen molar-refractivity contribution in [3.63, 3.8) is 0 Å². The number of rotatable bonds is 10. The van der Waals surface area contributed by atoms with Gasteiger partial charge in [0.05, 0.1) is 19.1 Å². The number of benzene rings is 1. The molecule has 6 nitrogen and oxygen atoms in total. The van der Waals surface area contributed by atoms with E-state index in [0.29, 0.717) is 24.7 Å². The number of methoxy groups -OCH3 is 1. The number of carbonyl (C=O) groups excluding carboxylic acids is 2. The molecule has 1 aromatic rings. The molecule has 2 amide bonds. The van der Waals surface area contributed by atoms with Crippen molar-refractivity contribution in [2.24, 2.45) is 0 Å². The molecule has 7 heteroatoms. The van der Waals surface area contributed by atoms with Gasteiger partial charge in [0.2, 0.25) is 11.8 Å². The molecule has 0 saturated carbocycles. The van der Waals surface area contributed by atoms with Crippen molar-refractivity contribution >= 4 is 23.4 Å². The first kappa shape index (κ1) is 19.4. The smallest absolute Gasteiger partial charge is 0.222 e. The molecule has 0 spiro atoms. The molecule has 0 aromatic heterocycles. The molecule has 1 unspecified atom stereocenters. The first-order chi connectivity index (χ1) is 11.0. The second-order valence-electron chi connectivity index (χ2n) is 5.10. The Morgan fingerprint density at radius 1 is 1.17 bits per heavy atom. The van der Waals surface area contributed by atoms with Gasteiger partial charge in [0.15, 0.2) is 0 Å². The van der Waals surface area contributed by atoms with E-state index >= 15 is 0 Å². The number of ether oxygens (including phenoxy) is 1. The zero-order valence-corrected chi connectivity index (χ0v) is 14.3. The first-order valence-corrected chi connectivity index (χ1v) is 7.89. The lowest BCUT2D eigenvalue weighted by Crippen LogP contribution is -2.36. The van der Waals surface area contributed by atoms with Crippen LogP contribution in [0.2, 0.25) is 5.02 Å². The average molecular weight is 342 g/mol. The molecule has 0 aliphatic carbocycles. The fourth-order valence-corrected chi connectivity index (χ4v) is 2.17. The molecule has 0 radical (unpaired) electrons. The predicted octanol–water partition coefficient (Wildman–Crippen LogP) is 1.26. The largest absolute Gasteiger partial charge is 0.383 e. The van der Waals surface area contributed by atoms with Crippen LogP contribution in [-0.4, -0.2) is 45.2 Å². The van der Waals surface area contributed by atoms with Crippen LogP contribution in [0.1, 0.15) is 24.9 Å². The summed E-state index contributed by atoms with van der Waals surface area (Å²) in [5, 5.41) is 9.37. The monoisotopic (exact) mass is 341 g/mol. The summed E-state index contributed by atoms with van der Waals surface area (Å²) in [5.74, 6) is -0.300. The molecular formula is C16H24ClN3O3. The summed E-state index contributed by atoms with van der Waals surface area (Å²) in [5.41, 5.74) is 0.845. The Kier molecular flexibility index (Phi) is 9.28. The van der Waals surface area contributed by atoms with E-state index in [1.807, 2.05) is 12.1 Å². The molecule has 0 aliphatic heterocycles. The van der Waals surface area contributed by atoms with Gasteiger partial charge in [0.25, 0.3) is 0 Å². The summed E-state index contributed by atoms with van der Waals surface area (Å²) in [6, 6.07) is 6.73. The number of carbonyl (C=O) groups is 2. The Balaban J connectivity index is 2.45. The molecule has 0 heterocycles. The van der Waals surface area contributed by atoms with Crippen molar-refractivity contribution in [2.75, 3.05) is 33.4 Å². The van der Waals surface area contributed by atoms with Gasteiger partial charge in [-0.2, -0.15) is 0 Å². The number of hydrogen-bond donors (Lipinski definition) is 3. The minimum absolute atomic E-state index is 0.118. The normalized spacial score (nSPS) is 11.8. The lowest BCUT2D eigenvalue weighted by molar-refractivity contribution is -0.122. The molecule has 128 valence electrons. The zero-order chi connectivity index (χ0) is 17.1. The van der Waals surface area contributed by atoms with Gasteiger partial charge in [-0.05, 0) is 17.7 Å². The van der Waals surface area contributed by atoms with Crippen LogP contribution >= 0.6 is 11.6 Å². The van der Waals surface area contributed by atoms with E-state index in [9.17, 15) is 9.59 Å². The van der Waals surface area contributed by atoms with Crippen molar-refractivity contribution in [3.05, 3.63) is 34.9 Å². The minimum atomic E-state index is -0.369. The van der Waals surface area contributed by atoms with Gasteiger partial charge >= 0.3 is 0 Å². The third-order valence-corrected chi connectivity index (χ3v) is 3.40.